The summed E-state index contributed by atoms with van der Waals surface area (Å²) in [6.07, 6.45) is 1.99. The zero-order valence-electron chi connectivity index (χ0n) is 18.1. The van der Waals surface area contributed by atoms with Crippen molar-refractivity contribution in [1.29, 1.82) is 0 Å². The van der Waals surface area contributed by atoms with Gasteiger partial charge in [-0.1, -0.05) is 50.2 Å². The van der Waals surface area contributed by atoms with E-state index in [-0.39, 0.29) is 5.91 Å². The molecule has 1 aliphatic rings. The molecule has 4 nitrogen and oxygen atoms in total. The summed E-state index contributed by atoms with van der Waals surface area (Å²) < 4.78 is 0. The number of nitrogens with one attached hydrogen (secondary N) is 1. The lowest BCUT2D eigenvalue weighted by Gasteiger charge is -2.32. The van der Waals surface area contributed by atoms with E-state index in [1.807, 2.05) is 42.3 Å². The number of carbonyl (C=O) groups excluding carboxylic acids is 1. The zero-order valence-corrected chi connectivity index (χ0v) is 19.1. The predicted molar refractivity (Wildman–Crippen MR) is 122 cm³/mol. The maximum atomic E-state index is 13.0. The van der Waals surface area contributed by atoms with Crippen LogP contribution in [0, 0.1) is 0 Å². The minimum absolute atomic E-state index is 0.0819. The van der Waals surface area contributed by atoms with E-state index < -0.39 is 8.32 Å². The first kappa shape index (κ1) is 21.7. The lowest BCUT2D eigenvalue weighted by Crippen LogP contribution is -2.43. The number of nitrogens with zero attached hydrogens (tertiary/aromatic N) is 1. The highest BCUT2D eigenvalue weighted by atomic mass is 28.4. The van der Waals surface area contributed by atoms with E-state index in [0.29, 0.717) is 17.5 Å². The van der Waals surface area contributed by atoms with Gasteiger partial charge in [-0.15, -0.1) is 0 Å². The van der Waals surface area contributed by atoms with Gasteiger partial charge in [0.2, 0.25) is 8.32 Å². The van der Waals surface area contributed by atoms with Gasteiger partial charge in [0.1, 0.15) is 0 Å². The van der Waals surface area contributed by atoms with Crippen LogP contribution < -0.4 is 10.5 Å². The first-order chi connectivity index (χ1) is 13.7. The van der Waals surface area contributed by atoms with Crippen LogP contribution in [0.4, 0.5) is 0 Å². The number of hydrogen-bond acceptors (Lipinski definition) is 3. The van der Waals surface area contributed by atoms with Gasteiger partial charge < -0.3 is 15.0 Å². The van der Waals surface area contributed by atoms with E-state index in [9.17, 15) is 9.59 Å². The van der Waals surface area contributed by atoms with Crippen LogP contribution >= 0.6 is 0 Å². The van der Waals surface area contributed by atoms with Gasteiger partial charge in [-0.05, 0) is 60.3 Å². The van der Waals surface area contributed by atoms with Gasteiger partial charge in [0.05, 0.1) is 0 Å². The average Bonchev–Trinajstić information content (AvgIpc) is 2.71. The molecule has 5 heteroatoms. The van der Waals surface area contributed by atoms with E-state index in [1.54, 1.807) is 0 Å². The predicted octanol–water partition coefficient (Wildman–Crippen LogP) is 3.61. The molecule has 2 N–H and O–H groups in total. The molecule has 156 valence electrons. The van der Waals surface area contributed by atoms with Gasteiger partial charge in [0.25, 0.3) is 5.91 Å². The Morgan fingerprint density at radius 3 is 2.48 bits per heavy atom. The number of benzene rings is 2. The van der Waals surface area contributed by atoms with Gasteiger partial charge >= 0.3 is 0 Å². The van der Waals surface area contributed by atoms with E-state index in [1.165, 1.54) is 11.1 Å². The molecule has 0 bridgehead atoms. The molecule has 0 aliphatic carbocycles. The van der Waals surface area contributed by atoms with Crippen LogP contribution in [0.3, 0.4) is 0 Å². The Labute approximate surface area is 176 Å². The third kappa shape index (κ3) is 5.78. The molecule has 3 rings (SSSR count). The molecule has 0 atom stereocenters. The summed E-state index contributed by atoms with van der Waals surface area (Å²) in [4.78, 5) is 25.3. The Hall–Kier alpha value is -1.95. The maximum Gasteiger partial charge on any atom is 0.253 e. The van der Waals surface area contributed by atoms with Gasteiger partial charge in [0, 0.05) is 31.2 Å². The lowest BCUT2D eigenvalue weighted by atomic mass is 9.88. The molecule has 0 aromatic heterocycles. The first-order valence-electron chi connectivity index (χ1n) is 10.7. The smallest absolute Gasteiger partial charge is 0.253 e. The van der Waals surface area contributed by atoms with Crippen molar-refractivity contribution in [2.45, 2.75) is 58.3 Å². The van der Waals surface area contributed by atoms with Crippen LogP contribution in [0.5, 0.6) is 0 Å². The van der Waals surface area contributed by atoms with Crippen LogP contribution in [0.2, 0.25) is 13.1 Å². The highest BCUT2D eigenvalue weighted by molar-refractivity contribution is 6.83. The highest BCUT2D eigenvalue weighted by Crippen LogP contribution is 2.29. The molecule has 1 saturated heterocycles. The number of carbonyl (C=O) groups is 1. The molecule has 2 aromatic rings. The minimum Gasteiger partial charge on any atom is -0.428 e. The van der Waals surface area contributed by atoms with E-state index in [2.05, 4.69) is 43.4 Å². The zero-order chi connectivity index (χ0) is 21.0. The maximum absolute atomic E-state index is 13.0. The molecule has 0 saturated carbocycles. The van der Waals surface area contributed by atoms with E-state index in [4.69, 9.17) is 0 Å². The van der Waals surface area contributed by atoms with Crippen LogP contribution in [0.25, 0.3) is 0 Å². The second-order valence-corrected chi connectivity index (χ2v) is 12.7. The quantitative estimate of drug-likeness (QED) is 0.716. The molecular weight excluding hydrogens is 376 g/mol. The molecule has 0 spiro atoms. The number of hydrogen-bond donors (Lipinski definition) is 2. The van der Waals surface area contributed by atoms with Crippen molar-refractivity contribution in [3.05, 3.63) is 65.2 Å². The molecule has 1 fully saturated rings. The second kappa shape index (κ2) is 9.24. The van der Waals surface area contributed by atoms with Gasteiger partial charge in [-0.2, -0.15) is 0 Å². The van der Waals surface area contributed by atoms with Crippen LogP contribution in [0.15, 0.2) is 48.5 Å². The first-order valence-corrected chi connectivity index (χ1v) is 13.6. The van der Waals surface area contributed by atoms with Crippen molar-refractivity contribution in [2.75, 3.05) is 13.1 Å². The fourth-order valence-corrected chi connectivity index (χ4v) is 4.92. The van der Waals surface area contributed by atoms with Crippen molar-refractivity contribution in [1.82, 2.24) is 10.2 Å². The Balaban J connectivity index is 1.62. The normalized spacial score (nSPS) is 15.7. The minimum atomic E-state index is -2.41. The van der Waals surface area contributed by atoms with Crippen LogP contribution in [-0.2, 0) is 6.54 Å². The fraction of sp³-hybridized carbons (Fsp3) is 0.458. The van der Waals surface area contributed by atoms with Gasteiger partial charge in [-0.3, -0.25) is 4.79 Å². The monoisotopic (exact) mass is 410 g/mol. The summed E-state index contributed by atoms with van der Waals surface area (Å²) in [6.45, 7) is 10.5. The number of piperidine rings is 1. The van der Waals surface area contributed by atoms with Crippen molar-refractivity contribution in [3.63, 3.8) is 0 Å². The van der Waals surface area contributed by atoms with Gasteiger partial charge in [-0.25, -0.2) is 0 Å². The summed E-state index contributed by atoms with van der Waals surface area (Å²) in [5.41, 5.74) is 3.40. The molecule has 1 amide bonds. The summed E-state index contributed by atoms with van der Waals surface area (Å²) in [7, 11) is -2.41. The van der Waals surface area contributed by atoms with Crippen molar-refractivity contribution in [3.8, 4) is 0 Å². The van der Waals surface area contributed by atoms with Crippen LogP contribution in [-0.4, -0.2) is 43.1 Å². The SMILES string of the molecule is CC(C)NCc1cccc(C2CCN(C(=O)c3cccc([Si](C)(C)O)c3)CC2)c1. The molecule has 1 heterocycles. The second-order valence-electron chi connectivity index (χ2n) is 8.99. The Kier molecular flexibility index (Phi) is 6.93. The van der Waals surface area contributed by atoms with Crippen molar-refractivity contribution < 1.29 is 9.59 Å². The largest absolute Gasteiger partial charge is 0.428 e. The highest BCUT2D eigenvalue weighted by Gasteiger charge is 2.26. The van der Waals surface area contributed by atoms with E-state index in [0.717, 1.165) is 37.7 Å². The Morgan fingerprint density at radius 1 is 1.14 bits per heavy atom. The van der Waals surface area contributed by atoms with Gasteiger partial charge in [0.15, 0.2) is 0 Å². The fourth-order valence-electron chi connectivity index (χ4n) is 3.91. The number of amides is 1. The Bertz CT molecular complexity index is 837. The third-order valence-corrected chi connectivity index (χ3v) is 7.46. The summed E-state index contributed by atoms with van der Waals surface area (Å²) in [5, 5.41) is 4.39. The number of rotatable bonds is 6. The van der Waals surface area contributed by atoms with Crippen LogP contribution in [0.1, 0.15) is 54.1 Å². The van der Waals surface area contributed by atoms with E-state index >= 15 is 0 Å². The molecule has 0 unspecified atom stereocenters. The van der Waals surface area contributed by atoms with Crippen molar-refractivity contribution >= 4 is 19.4 Å². The Morgan fingerprint density at radius 2 is 1.83 bits per heavy atom. The molecule has 1 aliphatic heterocycles. The van der Waals surface area contributed by atoms with Crippen molar-refractivity contribution in [2.24, 2.45) is 0 Å². The summed E-state index contributed by atoms with van der Waals surface area (Å²) in [6, 6.07) is 16.9. The average molecular weight is 411 g/mol. The number of likely N-dealkylation sites (tertiary alicyclic amines) is 1. The standard InChI is InChI=1S/C24H34N2O2Si/c1-18(2)25-17-19-7-5-8-21(15-19)20-11-13-26(14-12-20)24(27)22-9-6-10-23(16-22)29(3,4)28/h5-10,15-16,18,20,25,28H,11-14,17H2,1-4H3. The third-order valence-electron chi connectivity index (χ3n) is 5.74. The summed E-state index contributed by atoms with van der Waals surface area (Å²) in [5.74, 6) is 0.589. The lowest BCUT2D eigenvalue weighted by molar-refractivity contribution is 0.0713. The summed E-state index contributed by atoms with van der Waals surface area (Å²) >= 11 is 0. The molecular formula is C24H34N2O2Si. The topological polar surface area (TPSA) is 52.6 Å². The molecule has 0 radical (unpaired) electrons. The molecule has 2 aromatic carbocycles. The molecule has 29 heavy (non-hydrogen) atoms.